The minimum Gasteiger partial charge on any atom is -0.345 e. The van der Waals surface area contributed by atoms with Crippen LogP contribution < -0.4 is 0 Å². The van der Waals surface area contributed by atoms with Crippen molar-refractivity contribution in [2.75, 3.05) is 7.05 Å². The lowest BCUT2D eigenvalue weighted by molar-refractivity contribution is 0.148. The molecular formula is C26H36N6S. The van der Waals surface area contributed by atoms with Crippen molar-refractivity contribution in [2.24, 2.45) is 0 Å². The molecule has 1 saturated carbocycles. The van der Waals surface area contributed by atoms with Gasteiger partial charge in [0.05, 0.1) is 10.7 Å². The van der Waals surface area contributed by atoms with Crippen molar-refractivity contribution >= 4 is 27.3 Å². The molecule has 0 atom stereocenters. The molecule has 1 N–H and O–H groups in total. The van der Waals surface area contributed by atoms with E-state index < -0.39 is 0 Å². The average Bonchev–Trinajstić information content (AvgIpc) is 3.49. The van der Waals surface area contributed by atoms with E-state index in [2.05, 4.69) is 74.8 Å². The summed E-state index contributed by atoms with van der Waals surface area (Å²) in [6.45, 7) is 13.5. The molecule has 4 heterocycles. The molecule has 0 bridgehead atoms. The Morgan fingerprint density at radius 2 is 1.82 bits per heavy atom. The first-order valence-corrected chi connectivity index (χ1v) is 13.1. The van der Waals surface area contributed by atoms with Crippen molar-refractivity contribution in [3.8, 4) is 11.3 Å². The Bertz CT molecular complexity index is 1290. The zero-order chi connectivity index (χ0) is 23.4. The molecule has 7 heteroatoms. The van der Waals surface area contributed by atoms with E-state index in [1.54, 1.807) is 6.33 Å². The van der Waals surface area contributed by atoms with Crippen LogP contribution in [0.25, 0.3) is 27.3 Å². The number of H-pyrrole nitrogens is 1. The second kappa shape index (κ2) is 8.51. The van der Waals surface area contributed by atoms with Gasteiger partial charge in [-0.05, 0) is 77.5 Å². The highest BCUT2D eigenvalue weighted by molar-refractivity contribution is 7.18. The maximum atomic E-state index is 5.25. The Balaban J connectivity index is 1.50. The number of nitrogens with zero attached hydrogens (tertiary/aromatic N) is 5. The normalized spacial score (nSPS) is 19.7. The van der Waals surface area contributed by atoms with Crippen LogP contribution in [0.15, 0.2) is 12.5 Å². The molecule has 0 saturated heterocycles. The van der Waals surface area contributed by atoms with Gasteiger partial charge in [0, 0.05) is 35.3 Å². The lowest BCUT2D eigenvalue weighted by Gasteiger charge is -2.36. The van der Waals surface area contributed by atoms with Crippen LogP contribution in [0, 0.1) is 13.8 Å². The standard InChI is InChI=1S/C26H36N6S/c1-14(2)21-22(20-12-32-24(27-13-28-32)17(6)16(20)5)29-26-23(21)30-25(33-26)18-8-10-19(11-9-18)31(7)15(3)4/h12-15,18-19,29H,8-11H2,1-7H3. The number of aromatic nitrogens is 5. The summed E-state index contributed by atoms with van der Waals surface area (Å²) in [6, 6.07) is 1.32. The zero-order valence-corrected chi connectivity index (χ0v) is 21.8. The van der Waals surface area contributed by atoms with Gasteiger partial charge >= 0.3 is 0 Å². The maximum Gasteiger partial charge on any atom is 0.158 e. The molecule has 0 radical (unpaired) electrons. The number of fused-ring (bicyclic) bond motifs is 2. The largest absolute Gasteiger partial charge is 0.345 e. The molecule has 33 heavy (non-hydrogen) atoms. The molecule has 5 rings (SSSR count). The molecule has 1 fully saturated rings. The average molecular weight is 465 g/mol. The molecule has 6 nitrogen and oxygen atoms in total. The van der Waals surface area contributed by atoms with E-state index in [1.165, 1.54) is 63.5 Å². The predicted octanol–water partition coefficient (Wildman–Crippen LogP) is 6.44. The Morgan fingerprint density at radius 3 is 2.48 bits per heavy atom. The van der Waals surface area contributed by atoms with E-state index in [1.807, 2.05) is 15.9 Å². The van der Waals surface area contributed by atoms with Crippen molar-refractivity contribution < 1.29 is 0 Å². The minimum absolute atomic E-state index is 0.380. The van der Waals surface area contributed by atoms with E-state index in [0.717, 1.165) is 11.2 Å². The highest BCUT2D eigenvalue weighted by atomic mass is 32.1. The Labute approximate surface area is 200 Å². The van der Waals surface area contributed by atoms with Crippen molar-refractivity contribution in [2.45, 2.75) is 91.1 Å². The van der Waals surface area contributed by atoms with Crippen LogP contribution in [0.5, 0.6) is 0 Å². The number of thiazole rings is 1. The van der Waals surface area contributed by atoms with Gasteiger partial charge in [-0.15, -0.1) is 11.3 Å². The monoisotopic (exact) mass is 464 g/mol. The van der Waals surface area contributed by atoms with E-state index in [0.29, 0.717) is 23.9 Å². The van der Waals surface area contributed by atoms with Gasteiger partial charge in [0.2, 0.25) is 0 Å². The lowest BCUT2D eigenvalue weighted by atomic mass is 9.85. The molecule has 4 aromatic heterocycles. The third-order valence-corrected chi connectivity index (χ3v) is 8.95. The highest BCUT2D eigenvalue weighted by Crippen LogP contribution is 2.43. The van der Waals surface area contributed by atoms with Gasteiger partial charge in [0.1, 0.15) is 16.7 Å². The van der Waals surface area contributed by atoms with Crippen molar-refractivity contribution in [3.05, 3.63) is 34.2 Å². The third-order valence-electron chi connectivity index (χ3n) is 7.82. The molecule has 0 spiro atoms. The molecule has 1 aliphatic carbocycles. The summed E-state index contributed by atoms with van der Waals surface area (Å²) in [5.74, 6) is 0.969. The van der Waals surface area contributed by atoms with Crippen LogP contribution in [0.4, 0.5) is 0 Å². The van der Waals surface area contributed by atoms with Crippen LogP contribution in [0.1, 0.15) is 86.9 Å². The number of hydrogen-bond donors (Lipinski definition) is 1. The SMILES string of the molecule is Cc1c(-c2[nH]c3sc(C4CCC(N(C)C(C)C)CC4)nc3c2C(C)C)cn2ncnc2c1C. The van der Waals surface area contributed by atoms with Crippen molar-refractivity contribution in [1.82, 2.24) is 29.5 Å². The molecular weight excluding hydrogens is 428 g/mol. The first-order chi connectivity index (χ1) is 15.8. The van der Waals surface area contributed by atoms with Gasteiger partial charge in [-0.2, -0.15) is 5.10 Å². The Kier molecular flexibility index (Phi) is 5.81. The minimum atomic E-state index is 0.380. The van der Waals surface area contributed by atoms with Gasteiger partial charge in [0.25, 0.3) is 0 Å². The fourth-order valence-electron chi connectivity index (χ4n) is 5.46. The topological polar surface area (TPSA) is 62.1 Å². The third kappa shape index (κ3) is 3.79. The number of aryl methyl sites for hydroxylation is 1. The van der Waals surface area contributed by atoms with Crippen LogP contribution in [0.3, 0.4) is 0 Å². The first kappa shape index (κ1) is 22.5. The summed E-state index contributed by atoms with van der Waals surface area (Å²) in [5, 5.41) is 5.72. The number of pyridine rings is 1. The van der Waals surface area contributed by atoms with Crippen LogP contribution in [0.2, 0.25) is 0 Å². The Morgan fingerprint density at radius 1 is 1.09 bits per heavy atom. The van der Waals surface area contributed by atoms with Crippen LogP contribution in [-0.4, -0.2) is 48.6 Å². The second-order valence-corrected chi connectivity index (χ2v) is 11.4. The molecule has 176 valence electrons. The van der Waals surface area contributed by atoms with Gasteiger partial charge in [-0.25, -0.2) is 14.5 Å². The fraction of sp³-hybridized carbons (Fsp3) is 0.577. The van der Waals surface area contributed by atoms with Crippen molar-refractivity contribution in [3.63, 3.8) is 0 Å². The maximum absolute atomic E-state index is 5.25. The molecule has 4 aromatic rings. The smallest absolute Gasteiger partial charge is 0.158 e. The summed E-state index contributed by atoms with van der Waals surface area (Å²) >= 11 is 1.87. The predicted molar refractivity (Wildman–Crippen MR) is 137 cm³/mol. The highest BCUT2D eigenvalue weighted by Gasteiger charge is 2.29. The zero-order valence-electron chi connectivity index (χ0n) is 20.9. The van der Waals surface area contributed by atoms with Gasteiger partial charge in [-0.1, -0.05) is 13.8 Å². The number of nitrogens with one attached hydrogen (secondary N) is 1. The molecule has 0 aliphatic heterocycles. The summed E-state index contributed by atoms with van der Waals surface area (Å²) < 4.78 is 1.89. The van der Waals surface area contributed by atoms with E-state index >= 15 is 0 Å². The van der Waals surface area contributed by atoms with Crippen molar-refractivity contribution in [1.29, 1.82) is 0 Å². The van der Waals surface area contributed by atoms with Gasteiger partial charge in [-0.3, -0.25) is 0 Å². The number of hydrogen-bond acceptors (Lipinski definition) is 5. The van der Waals surface area contributed by atoms with Gasteiger partial charge in [0.15, 0.2) is 5.65 Å². The summed E-state index contributed by atoms with van der Waals surface area (Å²) in [6.07, 6.45) is 8.76. The fourth-order valence-corrected chi connectivity index (χ4v) is 6.61. The first-order valence-electron chi connectivity index (χ1n) is 12.3. The van der Waals surface area contributed by atoms with Gasteiger partial charge < -0.3 is 9.88 Å². The van der Waals surface area contributed by atoms with Crippen LogP contribution in [-0.2, 0) is 0 Å². The second-order valence-electron chi connectivity index (χ2n) is 10.4. The number of aromatic amines is 1. The summed E-state index contributed by atoms with van der Waals surface area (Å²) in [5.41, 5.74) is 8.21. The molecule has 1 aliphatic rings. The summed E-state index contributed by atoms with van der Waals surface area (Å²) in [7, 11) is 2.28. The Hall–Kier alpha value is -2.25. The quantitative estimate of drug-likeness (QED) is 0.369. The van der Waals surface area contributed by atoms with E-state index in [-0.39, 0.29) is 0 Å². The van der Waals surface area contributed by atoms with Crippen LogP contribution >= 0.6 is 11.3 Å². The lowest BCUT2D eigenvalue weighted by Crippen LogP contribution is -2.39. The van der Waals surface area contributed by atoms with E-state index in [4.69, 9.17) is 4.98 Å². The molecule has 0 aromatic carbocycles. The molecule has 0 amide bonds. The number of rotatable bonds is 5. The van der Waals surface area contributed by atoms with E-state index in [9.17, 15) is 0 Å². The molecule has 0 unspecified atom stereocenters. The summed E-state index contributed by atoms with van der Waals surface area (Å²) in [4.78, 5) is 17.2.